The van der Waals surface area contributed by atoms with Crippen molar-refractivity contribution in [2.45, 2.75) is 6.10 Å². The van der Waals surface area contributed by atoms with Gasteiger partial charge >= 0.3 is 5.97 Å². The van der Waals surface area contributed by atoms with Crippen LogP contribution in [0.3, 0.4) is 0 Å². The van der Waals surface area contributed by atoms with E-state index in [1.807, 2.05) is 0 Å². The molecule has 1 fully saturated rings. The molecule has 2 N–H and O–H groups in total. The van der Waals surface area contributed by atoms with Gasteiger partial charge in [0.2, 0.25) is 0 Å². The molecule has 0 aliphatic carbocycles. The molecule has 15 heavy (non-hydrogen) atoms. The average Bonchev–Trinajstić information content (AvgIpc) is 2.09. The van der Waals surface area contributed by atoms with Crippen LogP contribution in [0.4, 0.5) is 5.69 Å². The van der Waals surface area contributed by atoms with Crippen LogP contribution < -0.4 is 5.73 Å². The van der Waals surface area contributed by atoms with Crippen LogP contribution in [0.25, 0.3) is 0 Å². The third kappa shape index (κ3) is 2.40. The monoisotopic (exact) mass is 227 g/mol. The topological polar surface area (TPSA) is 61.6 Å². The van der Waals surface area contributed by atoms with E-state index in [2.05, 4.69) is 0 Å². The molecule has 0 saturated carbocycles. The van der Waals surface area contributed by atoms with Crippen molar-refractivity contribution in [1.29, 1.82) is 0 Å². The van der Waals surface area contributed by atoms with Crippen LogP contribution in [-0.2, 0) is 9.47 Å². The van der Waals surface area contributed by atoms with Crippen LogP contribution in [0.2, 0.25) is 5.02 Å². The first-order valence-electron chi connectivity index (χ1n) is 4.50. The Balaban J connectivity index is 2.10. The Morgan fingerprint density at radius 2 is 2.20 bits per heavy atom. The first-order valence-corrected chi connectivity index (χ1v) is 4.88. The predicted octanol–water partition coefficient (Wildman–Crippen LogP) is 1.48. The molecule has 5 heteroatoms. The van der Waals surface area contributed by atoms with E-state index in [4.69, 9.17) is 26.8 Å². The predicted molar refractivity (Wildman–Crippen MR) is 55.9 cm³/mol. The molecule has 0 unspecified atom stereocenters. The number of carbonyl (C=O) groups excluding carboxylic acids is 1. The fraction of sp³-hybridized carbons (Fsp3) is 0.300. The van der Waals surface area contributed by atoms with E-state index in [1.165, 1.54) is 12.1 Å². The summed E-state index contributed by atoms with van der Waals surface area (Å²) in [5.74, 6) is -0.419. The Kier molecular flexibility index (Phi) is 2.79. The zero-order chi connectivity index (χ0) is 10.8. The van der Waals surface area contributed by atoms with Gasteiger partial charge in [-0.1, -0.05) is 11.6 Å². The third-order valence-corrected chi connectivity index (χ3v) is 2.26. The van der Waals surface area contributed by atoms with Crippen molar-refractivity contribution in [2.75, 3.05) is 18.9 Å². The number of nitrogen functional groups attached to an aromatic ring is 1. The lowest BCUT2D eigenvalue weighted by Crippen LogP contribution is -2.37. The van der Waals surface area contributed by atoms with Gasteiger partial charge in [-0.05, 0) is 18.2 Å². The zero-order valence-corrected chi connectivity index (χ0v) is 8.66. The summed E-state index contributed by atoms with van der Waals surface area (Å²) in [4.78, 5) is 11.6. The van der Waals surface area contributed by atoms with Gasteiger partial charge in [0.1, 0.15) is 6.10 Å². The van der Waals surface area contributed by atoms with Gasteiger partial charge in [-0.2, -0.15) is 0 Å². The lowest BCUT2D eigenvalue weighted by Gasteiger charge is -2.25. The highest BCUT2D eigenvalue weighted by Crippen LogP contribution is 2.18. The van der Waals surface area contributed by atoms with Crippen molar-refractivity contribution >= 4 is 23.3 Å². The molecule has 1 heterocycles. The summed E-state index contributed by atoms with van der Waals surface area (Å²) in [5, 5.41) is 0.423. The number of nitrogens with two attached hydrogens (primary N) is 1. The van der Waals surface area contributed by atoms with E-state index in [0.717, 1.165) is 0 Å². The molecule has 1 aliphatic heterocycles. The molecule has 80 valence electrons. The number of benzene rings is 1. The van der Waals surface area contributed by atoms with Crippen LogP contribution in [0, 0.1) is 0 Å². The standard InChI is InChI=1S/C10H10ClNO3/c11-7-1-6(2-8(12)3-7)10(13)15-9-4-14-5-9/h1-3,9H,4-5,12H2. The molecule has 0 amide bonds. The highest BCUT2D eigenvalue weighted by atomic mass is 35.5. The van der Waals surface area contributed by atoms with Crippen molar-refractivity contribution in [3.8, 4) is 0 Å². The van der Waals surface area contributed by atoms with Crippen LogP contribution in [0.1, 0.15) is 10.4 Å². The summed E-state index contributed by atoms with van der Waals surface area (Å²) >= 11 is 5.77. The van der Waals surface area contributed by atoms with Gasteiger partial charge in [-0.15, -0.1) is 0 Å². The second-order valence-electron chi connectivity index (χ2n) is 3.34. The van der Waals surface area contributed by atoms with E-state index < -0.39 is 5.97 Å². The second-order valence-corrected chi connectivity index (χ2v) is 3.77. The van der Waals surface area contributed by atoms with Gasteiger partial charge in [0.25, 0.3) is 0 Å². The van der Waals surface area contributed by atoms with Gasteiger partial charge in [-0.25, -0.2) is 4.79 Å². The van der Waals surface area contributed by atoms with Crippen molar-refractivity contribution in [1.82, 2.24) is 0 Å². The van der Waals surface area contributed by atoms with E-state index in [0.29, 0.717) is 29.5 Å². The van der Waals surface area contributed by atoms with Crippen molar-refractivity contribution in [3.05, 3.63) is 28.8 Å². The van der Waals surface area contributed by atoms with Crippen LogP contribution in [0.15, 0.2) is 18.2 Å². The molecule has 2 rings (SSSR count). The van der Waals surface area contributed by atoms with E-state index in [-0.39, 0.29) is 6.10 Å². The zero-order valence-electron chi connectivity index (χ0n) is 7.90. The van der Waals surface area contributed by atoms with Crippen LogP contribution in [0.5, 0.6) is 0 Å². The smallest absolute Gasteiger partial charge is 0.338 e. The highest BCUT2D eigenvalue weighted by Gasteiger charge is 2.23. The SMILES string of the molecule is Nc1cc(Cl)cc(C(=O)OC2COC2)c1. The Bertz CT molecular complexity index is 370. The summed E-state index contributed by atoms with van der Waals surface area (Å²) in [6, 6.07) is 4.64. The number of hydrogen-bond donors (Lipinski definition) is 1. The summed E-state index contributed by atoms with van der Waals surface area (Å²) in [6.45, 7) is 0.920. The van der Waals surface area contributed by atoms with Crippen LogP contribution in [-0.4, -0.2) is 25.3 Å². The molecule has 0 bridgehead atoms. The number of carbonyl (C=O) groups is 1. The quantitative estimate of drug-likeness (QED) is 0.614. The van der Waals surface area contributed by atoms with Crippen molar-refractivity contribution in [2.24, 2.45) is 0 Å². The minimum atomic E-state index is -0.419. The summed E-state index contributed by atoms with van der Waals surface area (Å²) in [5.41, 5.74) is 6.37. The number of hydrogen-bond acceptors (Lipinski definition) is 4. The second kappa shape index (κ2) is 4.08. The molecular formula is C10H10ClNO3. The first-order chi connectivity index (χ1) is 7.15. The molecule has 4 nitrogen and oxygen atoms in total. The molecule has 1 aromatic rings. The van der Waals surface area contributed by atoms with E-state index in [1.54, 1.807) is 6.07 Å². The molecule has 1 aromatic carbocycles. The maximum atomic E-state index is 11.6. The van der Waals surface area contributed by atoms with E-state index in [9.17, 15) is 4.79 Å². The molecule has 0 aromatic heterocycles. The highest BCUT2D eigenvalue weighted by molar-refractivity contribution is 6.31. The van der Waals surface area contributed by atoms with Gasteiger partial charge in [-0.3, -0.25) is 0 Å². The van der Waals surface area contributed by atoms with Crippen LogP contribution >= 0.6 is 11.6 Å². The maximum Gasteiger partial charge on any atom is 0.338 e. The minimum absolute atomic E-state index is 0.141. The largest absolute Gasteiger partial charge is 0.454 e. The van der Waals surface area contributed by atoms with Gasteiger partial charge in [0, 0.05) is 10.7 Å². The number of halogens is 1. The molecule has 0 spiro atoms. The molecule has 1 aliphatic rings. The summed E-state index contributed by atoms with van der Waals surface area (Å²) in [6.07, 6.45) is -0.141. The number of esters is 1. The fourth-order valence-corrected chi connectivity index (χ4v) is 1.48. The Hall–Kier alpha value is -1.26. The number of rotatable bonds is 2. The molecule has 1 saturated heterocycles. The number of anilines is 1. The summed E-state index contributed by atoms with van der Waals surface area (Å²) < 4.78 is 10.00. The Morgan fingerprint density at radius 1 is 1.47 bits per heavy atom. The minimum Gasteiger partial charge on any atom is -0.454 e. The molecule has 0 atom stereocenters. The first kappa shape index (κ1) is 10.3. The maximum absolute atomic E-state index is 11.6. The van der Waals surface area contributed by atoms with Gasteiger partial charge in [0.05, 0.1) is 18.8 Å². The van der Waals surface area contributed by atoms with Gasteiger partial charge in [0.15, 0.2) is 0 Å². The molecule has 0 radical (unpaired) electrons. The summed E-state index contributed by atoms with van der Waals surface area (Å²) in [7, 11) is 0. The molecular weight excluding hydrogens is 218 g/mol. The van der Waals surface area contributed by atoms with Crippen molar-refractivity contribution in [3.63, 3.8) is 0 Å². The Morgan fingerprint density at radius 3 is 2.73 bits per heavy atom. The van der Waals surface area contributed by atoms with E-state index >= 15 is 0 Å². The van der Waals surface area contributed by atoms with Crippen molar-refractivity contribution < 1.29 is 14.3 Å². The number of ether oxygens (including phenoxy) is 2. The average molecular weight is 228 g/mol. The van der Waals surface area contributed by atoms with Gasteiger partial charge < -0.3 is 15.2 Å². The lowest BCUT2D eigenvalue weighted by atomic mass is 10.2. The third-order valence-electron chi connectivity index (χ3n) is 2.04. The Labute approximate surface area is 91.9 Å². The fourth-order valence-electron chi connectivity index (χ4n) is 1.23. The lowest BCUT2D eigenvalue weighted by molar-refractivity contribution is -0.103. The normalized spacial score (nSPS) is 15.8.